The lowest BCUT2D eigenvalue weighted by Crippen LogP contribution is -2.23. The molecule has 0 saturated carbocycles. The van der Waals surface area contributed by atoms with E-state index in [1.165, 1.54) is 89.9 Å². The van der Waals surface area contributed by atoms with E-state index in [9.17, 15) is 14.4 Å². The molecule has 0 aromatic rings. The first-order valence-electron chi connectivity index (χ1n) is 15.3. The Hall–Kier alpha value is -1.59. The van der Waals surface area contributed by atoms with E-state index in [1.54, 1.807) is 0 Å². The summed E-state index contributed by atoms with van der Waals surface area (Å²) in [5, 5.41) is 0. The second-order valence-electron chi connectivity index (χ2n) is 11.3. The average molecular weight is 527 g/mol. The van der Waals surface area contributed by atoms with Gasteiger partial charge in [0.25, 0.3) is 0 Å². The highest BCUT2D eigenvalue weighted by Crippen LogP contribution is 2.14. The van der Waals surface area contributed by atoms with Crippen molar-refractivity contribution in [3.63, 3.8) is 0 Å². The largest absolute Gasteiger partial charge is 0.465 e. The monoisotopic (exact) mass is 526 g/mol. The summed E-state index contributed by atoms with van der Waals surface area (Å²) >= 11 is 0. The minimum absolute atomic E-state index is 0.211. The third kappa shape index (κ3) is 28.8. The molecule has 0 N–H and O–H groups in total. The molecule has 0 saturated heterocycles. The highest BCUT2D eigenvalue weighted by atomic mass is 16.6. The Balaban J connectivity index is 3.37. The molecule has 0 bridgehead atoms. The summed E-state index contributed by atoms with van der Waals surface area (Å²) in [6.45, 7) is 8.42. The number of hydrogen-bond donors (Lipinski definition) is 0. The number of esters is 3. The predicted octanol–water partition coefficient (Wildman–Crippen LogP) is 8.63. The molecule has 0 radical (unpaired) electrons. The van der Waals surface area contributed by atoms with Crippen LogP contribution in [0.2, 0.25) is 0 Å². The first-order valence-corrected chi connectivity index (χ1v) is 15.3. The van der Waals surface area contributed by atoms with Crippen LogP contribution in [-0.2, 0) is 28.6 Å². The number of rotatable bonds is 25. The fraction of sp³-hybridized carbons (Fsp3) is 0.903. The van der Waals surface area contributed by atoms with Gasteiger partial charge in [-0.15, -0.1) is 0 Å². The molecule has 6 nitrogen and oxygen atoms in total. The van der Waals surface area contributed by atoms with Crippen molar-refractivity contribution in [1.29, 1.82) is 0 Å². The van der Waals surface area contributed by atoms with Crippen LogP contribution >= 0.6 is 0 Å². The van der Waals surface area contributed by atoms with Gasteiger partial charge < -0.3 is 14.2 Å². The molecule has 0 aliphatic rings. The van der Waals surface area contributed by atoms with Crippen molar-refractivity contribution < 1.29 is 28.6 Å². The summed E-state index contributed by atoms with van der Waals surface area (Å²) in [5.74, 6) is -1.28. The maximum atomic E-state index is 11.8. The third-order valence-electron chi connectivity index (χ3n) is 6.26. The molecule has 218 valence electrons. The molecule has 0 aliphatic carbocycles. The van der Waals surface area contributed by atoms with Crippen molar-refractivity contribution >= 4 is 17.9 Å². The van der Waals surface area contributed by atoms with Crippen LogP contribution in [0.4, 0.5) is 0 Å². The number of carbonyl (C=O) groups excluding carboxylic acids is 3. The fourth-order valence-electron chi connectivity index (χ4n) is 4.18. The topological polar surface area (TPSA) is 78.9 Å². The zero-order chi connectivity index (χ0) is 27.6. The quantitative estimate of drug-likeness (QED) is 0.0512. The zero-order valence-electron chi connectivity index (χ0n) is 24.7. The Labute approximate surface area is 228 Å². The molecule has 0 aliphatic heterocycles. The number of ether oxygens (including phenoxy) is 3. The molecule has 0 aromatic heterocycles. The standard InChI is InChI=1S/C31H58O6/c1-5-6-7-8-9-10-11-12-13-14-15-16-17-18-19-22-25-35-29(33)27-30(34)36-26-23-20-21-24-28(32)37-31(2,3)4/h5-27H2,1-4H3. The molecule has 0 spiro atoms. The van der Waals surface area contributed by atoms with Gasteiger partial charge in [0.05, 0.1) is 13.2 Å². The van der Waals surface area contributed by atoms with Crippen LogP contribution in [0.5, 0.6) is 0 Å². The van der Waals surface area contributed by atoms with Gasteiger partial charge in [-0.25, -0.2) is 0 Å². The second kappa shape index (κ2) is 24.7. The molecule has 0 aromatic carbocycles. The van der Waals surface area contributed by atoms with Gasteiger partial charge >= 0.3 is 17.9 Å². The lowest BCUT2D eigenvalue weighted by atomic mass is 10.0. The molecular formula is C31H58O6. The van der Waals surface area contributed by atoms with E-state index < -0.39 is 17.5 Å². The Morgan fingerprint density at radius 3 is 1.22 bits per heavy atom. The van der Waals surface area contributed by atoms with Crippen LogP contribution in [0.1, 0.15) is 163 Å². The van der Waals surface area contributed by atoms with Gasteiger partial charge in [-0.2, -0.15) is 0 Å². The van der Waals surface area contributed by atoms with Crippen LogP contribution in [0.3, 0.4) is 0 Å². The van der Waals surface area contributed by atoms with E-state index in [4.69, 9.17) is 14.2 Å². The zero-order valence-corrected chi connectivity index (χ0v) is 24.7. The maximum Gasteiger partial charge on any atom is 0.317 e. The van der Waals surface area contributed by atoms with Gasteiger partial charge in [-0.3, -0.25) is 14.4 Å². The van der Waals surface area contributed by atoms with Crippen molar-refractivity contribution in [1.82, 2.24) is 0 Å². The number of carbonyl (C=O) groups is 3. The van der Waals surface area contributed by atoms with Crippen molar-refractivity contribution in [3.8, 4) is 0 Å². The summed E-state index contributed by atoms with van der Waals surface area (Å²) in [5.41, 5.74) is -0.465. The Kier molecular flexibility index (Phi) is 23.7. The van der Waals surface area contributed by atoms with E-state index in [0.717, 1.165) is 19.3 Å². The van der Waals surface area contributed by atoms with E-state index in [0.29, 0.717) is 25.9 Å². The number of hydrogen-bond acceptors (Lipinski definition) is 6. The average Bonchev–Trinajstić information content (AvgIpc) is 2.82. The van der Waals surface area contributed by atoms with Crippen LogP contribution in [0.15, 0.2) is 0 Å². The molecule has 0 atom stereocenters. The second-order valence-corrected chi connectivity index (χ2v) is 11.3. The normalized spacial score (nSPS) is 11.4. The summed E-state index contributed by atoms with van der Waals surface area (Å²) in [6.07, 6.45) is 23.0. The van der Waals surface area contributed by atoms with E-state index >= 15 is 0 Å². The Morgan fingerprint density at radius 2 is 0.838 bits per heavy atom. The molecule has 0 heterocycles. The van der Waals surface area contributed by atoms with Crippen LogP contribution in [0.25, 0.3) is 0 Å². The summed E-state index contributed by atoms with van der Waals surface area (Å²) < 4.78 is 15.5. The minimum Gasteiger partial charge on any atom is -0.465 e. The molecular weight excluding hydrogens is 468 g/mol. The lowest BCUT2D eigenvalue weighted by molar-refractivity contribution is -0.156. The van der Waals surface area contributed by atoms with Gasteiger partial charge in [0.15, 0.2) is 0 Å². The Morgan fingerprint density at radius 1 is 0.486 bits per heavy atom. The molecule has 0 fully saturated rings. The highest BCUT2D eigenvalue weighted by Gasteiger charge is 2.16. The molecule has 37 heavy (non-hydrogen) atoms. The summed E-state index contributed by atoms with van der Waals surface area (Å²) in [7, 11) is 0. The van der Waals surface area contributed by atoms with Gasteiger partial charge in [0, 0.05) is 6.42 Å². The first-order chi connectivity index (χ1) is 17.7. The first kappa shape index (κ1) is 35.4. The van der Waals surface area contributed by atoms with Crippen LogP contribution in [-0.4, -0.2) is 36.7 Å². The number of unbranched alkanes of at least 4 members (excludes halogenated alkanes) is 17. The third-order valence-corrected chi connectivity index (χ3v) is 6.26. The molecule has 6 heteroatoms. The fourth-order valence-corrected chi connectivity index (χ4v) is 4.18. The molecule has 0 rings (SSSR count). The Bertz CT molecular complexity index is 567. The van der Waals surface area contributed by atoms with Crippen LogP contribution < -0.4 is 0 Å². The van der Waals surface area contributed by atoms with E-state index in [2.05, 4.69) is 6.92 Å². The summed E-state index contributed by atoms with van der Waals surface area (Å²) in [6, 6.07) is 0. The predicted molar refractivity (Wildman–Crippen MR) is 150 cm³/mol. The van der Waals surface area contributed by atoms with E-state index in [-0.39, 0.29) is 19.0 Å². The van der Waals surface area contributed by atoms with Gasteiger partial charge in [0.2, 0.25) is 0 Å². The lowest BCUT2D eigenvalue weighted by Gasteiger charge is -2.19. The summed E-state index contributed by atoms with van der Waals surface area (Å²) in [4.78, 5) is 35.1. The van der Waals surface area contributed by atoms with Crippen molar-refractivity contribution in [2.24, 2.45) is 0 Å². The highest BCUT2D eigenvalue weighted by molar-refractivity contribution is 5.91. The van der Waals surface area contributed by atoms with Crippen molar-refractivity contribution in [2.45, 2.75) is 168 Å². The smallest absolute Gasteiger partial charge is 0.317 e. The van der Waals surface area contributed by atoms with Crippen molar-refractivity contribution in [2.75, 3.05) is 13.2 Å². The SMILES string of the molecule is CCCCCCCCCCCCCCCCCCOC(=O)CC(=O)OCCCCCC(=O)OC(C)(C)C. The molecule has 0 amide bonds. The van der Waals surface area contributed by atoms with Gasteiger partial charge in [-0.1, -0.05) is 103 Å². The van der Waals surface area contributed by atoms with E-state index in [1.807, 2.05) is 20.8 Å². The van der Waals surface area contributed by atoms with Gasteiger partial charge in [-0.05, 0) is 46.5 Å². The van der Waals surface area contributed by atoms with Crippen molar-refractivity contribution in [3.05, 3.63) is 0 Å². The maximum absolute atomic E-state index is 11.8. The minimum atomic E-state index is -0.552. The van der Waals surface area contributed by atoms with Gasteiger partial charge in [0.1, 0.15) is 12.0 Å². The molecule has 0 unspecified atom stereocenters. The van der Waals surface area contributed by atoms with Crippen LogP contribution in [0, 0.1) is 0 Å².